The van der Waals surface area contributed by atoms with E-state index < -0.39 is 0 Å². The molecule has 114 valence electrons. The van der Waals surface area contributed by atoms with Gasteiger partial charge in [0.2, 0.25) is 5.91 Å². The molecule has 0 aliphatic carbocycles. The summed E-state index contributed by atoms with van der Waals surface area (Å²) in [4.78, 5) is 34.1. The molecule has 1 amide bonds. The quantitative estimate of drug-likeness (QED) is 0.329. The van der Waals surface area contributed by atoms with Gasteiger partial charge in [0.15, 0.2) is 0 Å². The molecule has 0 aromatic carbocycles. The van der Waals surface area contributed by atoms with Gasteiger partial charge in [-0.1, -0.05) is 6.42 Å². The molecular weight excluding hydrogens is 298 g/mol. The Balaban J connectivity index is 2.10. The smallest absolute Gasteiger partial charge is 0.222 e. The van der Waals surface area contributed by atoms with Gasteiger partial charge < -0.3 is 4.90 Å². The number of unbranched alkanes of at least 4 members (excludes halogenated alkanes) is 1. The van der Waals surface area contributed by atoms with Gasteiger partial charge in [-0.2, -0.15) is 0 Å². The van der Waals surface area contributed by atoms with Crippen LogP contribution in [0.2, 0.25) is 0 Å². The van der Waals surface area contributed by atoms with Gasteiger partial charge in [0.05, 0.1) is 0 Å². The zero-order valence-corrected chi connectivity index (χ0v) is 13.2. The molecule has 8 heteroatoms. The van der Waals surface area contributed by atoms with E-state index >= 15 is 0 Å². The summed E-state index contributed by atoms with van der Waals surface area (Å²) in [5, 5.41) is 0.128. The van der Waals surface area contributed by atoms with E-state index in [-0.39, 0.29) is 11.2 Å². The second-order valence-electron chi connectivity index (χ2n) is 4.83. The van der Waals surface area contributed by atoms with Crippen LogP contribution in [0.4, 0.5) is 0 Å². The van der Waals surface area contributed by atoms with Crippen LogP contribution in [-0.2, 0) is 4.79 Å². The summed E-state index contributed by atoms with van der Waals surface area (Å²) in [6.07, 6.45) is 6.19. The molecule has 1 aliphatic heterocycles. The average molecular weight is 319 g/mol. The van der Waals surface area contributed by atoms with Crippen LogP contribution in [0, 0.1) is 9.81 Å². The zero-order chi connectivity index (χ0) is 14.6. The normalized spacial score (nSPS) is 16.1. The average Bonchev–Trinajstić information content (AvgIpc) is 2.97. The van der Waals surface area contributed by atoms with Crippen molar-refractivity contribution in [1.82, 2.24) is 4.90 Å². The fraction of sp³-hybridized carbons (Fsp3) is 0.917. The Morgan fingerprint density at radius 3 is 2.50 bits per heavy atom. The minimum absolute atomic E-state index is 0.128. The van der Waals surface area contributed by atoms with Gasteiger partial charge in [-0.3, -0.25) is 4.79 Å². The van der Waals surface area contributed by atoms with Crippen LogP contribution in [0.5, 0.6) is 0 Å². The Bertz CT molecular complexity index is 312. The van der Waals surface area contributed by atoms with Crippen LogP contribution in [0.1, 0.15) is 44.9 Å². The predicted molar refractivity (Wildman–Crippen MR) is 84.3 cm³/mol. The Labute approximate surface area is 128 Å². The van der Waals surface area contributed by atoms with Gasteiger partial charge >= 0.3 is 0 Å². The van der Waals surface area contributed by atoms with E-state index in [1.165, 1.54) is 0 Å². The van der Waals surface area contributed by atoms with Crippen LogP contribution in [0.3, 0.4) is 0 Å². The molecule has 0 saturated carbocycles. The highest BCUT2D eigenvalue weighted by atomic mass is 32.2. The van der Waals surface area contributed by atoms with Crippen molar-refractivity contribution in [1.29, 1.82) is 0 Å². The van der Waals surface area contributed by atoms with Crippen molar-refractivity contribution < 1.29 is 4.79 Å². The molecular formula is C12H21N3O3S2. The van der Waals surface area contributed by atoms with Crippen LogP contribution in [0.25, 0.3) is 0 Å². The van der Waals surface area contributed by atoms with E-state index in [0.29, 0.717) is 12.2 Å². The first kappa shape index (κ1) is 17.4. The molecule has 0 unspecified atom stereocenters. The Hall–Kier alpha value is -0.630. The third-order valence-corrected chi connectivity index (χ3v) is 4.78. The van der Waals surface area contributed by atoms with Crippen molar-refractivity contribution in [3.8, 4) is 0 Å². The highest BCUT2D eigenvalue weighted by Crippen LogP contribution is 2.24. The first-order valence-corrected chi connectivity index (χ1v) is 8.76. The van der Waals surface area contributed by atoms with E-state index in [9.17, 15) is 14.6 Å². The van der Waals surface area contributed by atoms with E-state index in [1.54, 1.807) is 0 Å². The number of carbonyl (C=O) groups excluding carboxylic acids is 1. The van der Waals surface area contributed by atoms with Crippen LogP contribution >= 0.6 is 23.9 Å². The molecule has 1 atom stereocenters. The summed E-state index contributed by atoms with van der Waals surface area (Å²) in [5.41, 5.74) is 0. The number of hydrogen-bond acceptors (Lipinski definition) is 7. The molecule has 0 spiro atoms. The minimum Gasteiger partial charge on any atom is -0.343 e. The van der Waals surface area contributed by atoms with Crippen molar-refractivity contribution >= 4 is 29.8 Å². The van der Waals surface area contributed by atoms with E-state index in [4.69, 9.17) is 0 Å². The first-order valence-electron chi connectivity index (χ1n) is 6.98. The maximum atomic E-state index is 11.8. The number of nitroso groups, excluding NO2 is 2. The predicted octanol–water partition coefficient (Wildman–Crippen LogP) is 3.76. The maximum Gasteiger partial charge on any atom is 0.222 e. The third kappa shape index (κ3) is 7.23. The fourth-order valence-corrected chi connectivity index (χ4v) is 3.54. The monoisotopic (exact) mass is 319 g/mol. The first-order chi connectivity index (χ1) is 9.77. The van der Waals surface area contributed by atoms with Gasteiger partial charge in [0.25, 0.3) is 0 Å². The largest absolute Gasteiger partial charge is 0.343 e. The number of likely N-dealkylation sites (tertiary alicyclic amines) is 1. The van der Waals surface area contributed by atoms with Crippen LogP contribution < -0.4 is 0 Å². The molecule has 0 radical (unpaired) electrons. The van der Waals surface area contributed by atoms with Gasteiger partial charge in [-0.15, -0.1) is 9.81 Å². The van der Waals surface area contributed by atoms with Crippen molar-refractivity contribution in [2.45, 2.75) is 50.2 Å². The highest BCUT2D eigenvalue weighted by Gasteiger charge is 2.17. The molecule has 1 heterocycles. The lowest BCUT2D eigenvalue weighted by atomic mass is 10.1. The van der Waals surface area contributed by atoms with Crippen LogP contribution in [-0.4, -0.2) is 34.9 Å². The summed E-state index contributed by atoms with van der Waals surface area (Å²) in [6, 6.07) is 0. The minimum atomic E-state index is 0.128. The number of rotatable bonds is 11. The molecule has 0 bridgehead atoms. The van der Waals surface area contributed by atoms with Crippen molar-refractivity contribution in [3.63, 3.8) is 0 Å². The Morgan fingerprint density at radius 1 is 1.10 bits per heavy atom. The molecule has 6 nitrogen and oxygen atoms in total. The molecule has 1 fully saturated rings. The fourth-order valence-electron chi connectivity index (χ4n) is 2.30. The van der Waals surface area contributed by atoms with Gasteiger partial charge in [-0.25, -0.2) is 0 Å². The van der Waals surface area contributed by atoms with E-state index in [0.717, 1.165) is 75.5 Å². The number of hydrogen-bond donors (Lipinski definition) is 0. The summed E-state index contributed by atoms with van der Waals surface area (Å²) < 4.78 is 5.60. The molecule has 20 heavy (non-hydrogen) atoms. The number of amides is 1. The standard InChI is InChI=1S/C12H21N3O3S2/c16-12(15-8-3-4-9-15)6-2-1-5-11(20-14-18)7-10-19-13-17/h11H,1-10H2/t11-/m0/s1. The second-order valence-corrected chi connectivity index (χ2v) is 6.67. The lowest BCUT2D eigenvalue weighted by Gasteiger charge is -2.15. The van der Waals surface area contributed by atoms with Crippen molar-refractivity contribution in [2.24, 2.45) is 9.16 Å². The van der Waals surface area contributed by atoms with E-state index in [2.05, 4.69) is 9.16 Å². The highest BCUT2D eigenvalue weighted by molar-refractivity contribution is 7.99. The summed E-state index contributed by atoms with van der Waals surface area (Å²) in [5.74, 6) is 0.865. The van der Waals surface area contributed by atoms with Gasteiger partial charge in [-0.05, 0) is 32.1 Å². The van der Waals surface area contributed by atoms with Crippen molar-refractivity contribution in [3.05, 3.63) is 9.81 Å². The van der Waals surface area contributed by atoms with Crippen LogP contribution in [0.15, 0.2) is 9.16 Å². The van der Waals surface area contributed by atoms with Gasteiger partial charge in [0, 0.05) is 63.6 Å². The number of carbonyl (C=O) groups is 1. The van der Waals surface area contributed by atoms with Gasteiger partial charge in [0.1, 0.15) is 0 Å². The zero-order valence-electron chi connectivity index (χ0n) is 11.5. The SMILES string of the molecule is O=NSCC[C@H](CCCCC(=O)N1CCCC1)SN=O. The maximum absolute atomic E-state index is 11.8. The third-order valence-electron chi connectivity index (χ3n) is 3.40. The molecule has 1 aliphatic rings. The summed E-state index contributed by atoms with van der Waals surface area (Å²) in [6.45, 7) is 1.81. The Kier molecular flexibility index (Phi) is 9.65. The summed E-state index contributed by atoms with van der Waals surface area (Å²) in [7, 11) is 0. The second kappa shape index (κ2) is 11.1. The van der Waals surface area contributed by atoms with Crippen molar-refractivity contribution in [2.75, 3.05) is 18.8 Å². The summed E-state index contributed by atoms with van der Waals surface area (Å²) >= 11 is 2.00. The molecule has 0 aromatic heterocycles. The molecule has 0 aromatic rings. The Morgan fingerprint density at radius 2 is 1.85 bits per heavy atom. The molecule has 1 saturated heterocycles. The van der Waals surface area contributed by atoms with E-state index in [1.807, 2.05) is 4.90 Å². The molecule has 0 N–H and O–H groups in total. The topological polar surface area (TPSA) is 79.2 Å². The molecule has 1 rings (SSSR count). The lowest BCUT2D eigenvalue weighted by molar-refractivity contribution is -0.130. The number of nitrogens with zero attached hydrogens (tertiary/aromatic N) is 3. The lowest BCUT2D eigenvalue weighted by Crippen LogP contribution is -2.27.